The van der Waals surface area contributed by atoms with E-state index < -0.39 is 0 Å². The van der Waals surface area contributed by atoms with Crippen molar-refractivity contribution in [3.05, 3.63) is 17.5 Å². The number of nitrogens with one attached hydrogen (secondary N) is 1. The highest BCUT2D eigenvalue weighted by atomic mass is 16.5. The lowest BCUT2D eigenvalue weighted by molar-refractivity contribution is -0.124. The molecule has 1 amide bonds. The first-order chi connectivity index (χ1) is 8.21. The summed E-state index contributed by atoms with van der Waals surface area (Å²) < 4.78 is 5.08. The molecule has 3 rings (SSSR count). The minimum atomic E-state index is -0.375. The summed E-state index contributed by atoms with van der Waals surface area (Å²) in [6.45, 7) is 1.86. The molecule has 0 unspecified atom stereocenters. The zero-order chi connectivity index (χ0) is 11.9. The number of aromatic nitrogens is 1. The van der Waals surface area contributed by atoms with Gasteiger partial charge in [-0.25, -0.2) is 0 Å². The number of rotatable bonds is 3. The molecule has 0 aliphatic heterocycles. The van der Waals surface area contributed by atoms with Crippen LogP contribution in [-0.2, 0) is 10.2 Å². The van der Waals surface area contributed by atoms with E-state index in [0.29, 0.717) is 6.04 Å². The lowest BCUT2D eigenvalue weighted by Gasteiger charge is -2.17. The van der Waals surface area contributed by atoms with E-state index in [4.69, 9.17) is 4.52 Å². The Kier molecular flexibility index (Phi) is 2.45. The zero-order valence-electron chi connectivity index (χ0n) is 10.2. The molecule has 0 saturated heterocycles. The van der Waals surface area contributed by atoms with E-state index in [0.717, 1.165) is 37.1 Å². The van der Waals surface area contributed by atoms with Gasteiger partial charge in [-0.15, -0.1) is 0 Å². The summed E-state index contributed by atoms with van der Waals surface area (Å²) in [6.07, 6.45) is 6.52. The molecule has 1 aromatic rings. The Morgan fingerprint density at radius 1 is 1.47 bits per heavy atom. The molecular formula is C13H18N2O2. The topological polar surface area (TPSA) is 55.1 Å². The van der Waals surface area contributed by atoms with Crippen molar-refractivity contribution in [1.29, 1.82) is 0 Å². The fourth-order valence-electron chi connectivity index (χ4n) is 2.71. The van der Waals surface area contributed by atoms with Crippen molar-refractivity contribution in [2.24, 2.45) is 0 Å². The second-order valence-electron chi connectivity index (χ2n) is 5.36. The van der Waals surface area contributed by atoms with E-state index >= 15 is 0 Å². The molecule has 1 N–H and O–H groups in total. The van der Waals surface area contributed by atoms with Crippen LogP contribution < -0.4 is 5.32 Å². The van der Waals surface area contributed by atoms with Gasteiger partial charge in [0.1, 0.15) is 5.76 Å². The fourth-order valence-corrected chi connectivity index (χ4v) is 2.71. The van der Waals surface area contributed by atoms with E-state index in [9.17, 15) is 4.79 Å². The summed E-state index contributed by atoms with van der Waals surface area (Å²) in [6, 6.07) is 2.27. The van der Waals surface area contributed by atoms with Crippen molar-refractivity contribution in [3.8, 4) is 0 Å². The minimum Gasteiger partial charge on any atom is -0.361 e. The molecule has 0 radical (unpaired) electrons. The maximum atomic E-state index is 12.3. The van der Waals surface area contributed by atoms with Gasteiger partial charge in [0.05, 0.1) is 11.1 Å². The molecule has 0 aromatic carbocycles. The van der Waals surface area contributed by atoms with Crippen LogP contribution in [0.2, 0.25) is 0 Å². The van der Waals surface area contributed by atoms with E-state index in [-0.39, 0.29) is 11.3 Å². The number of carbonyl (C=O) groups excluding carboxylic acids is 1. The maximum Gasteiger partial charge on any atom is 0.232 e. The lowest BCUT2D eigenvalue weighted by Crippen LogP contribution is -2.40. The van der Waals surface area contributed by atoms with Crippen molar-refractivity contribution >= 4 is 5.91 Å². The molecule has 4 heteroatoms. The second-order valence-corrected chi connectivity index (χ2v) is 5.36. The molecular weight excluding hydrogens is 216 g/mol. The van der Waals surface area contributed by atoms with Gasteiger partial charge in [-0.05, 0) is 32.6 Å². The summed E-state index contributed by atoms with van der Waals surface area (Å²) >= 11 is 0. The van der Waals surface area contributed by atoms with Gasteiger partial charge >= 0.3 is 0 Å². The van der Waals surface area contributed by atoms with E-state index in [1.165, 1.54) is 12.8 Å². The highest BCUT2D eigenvalue weighted by molar-refractivity contribution is 5.90. The predicted molar refractivity (Wildman–Crippen MR) is 62.6 cm³/mol. The third-order valence-corrected chi connectivity index (χ3v) is 3.99. The summed E-state index contributed by atoms with van der Waals surface area (Å²) in [4.78, 5) is 12.3. The molecule has 1 aromatic heterocycles. The number of aryl methyl sites for hydroxylation is 1. The Morgan fingerprint density at radius 2 is 2.18 bits per heavy atom. The van der Waals surface area contributed by atoms with Crippen molar-refractivity contribution in [3.63, 3.8) is 0 Å². The molecule has 1 heterocycles. The molecule has 0 atom stereocenters. The van der Waals surface area contributed by atoms with Crippen molar-refractivity contribution in [2.75, 3.05) is 0 Å². The van der Waals surface area contributed by atoms with Crippen molar-refractivity contribution in [2.45, 2.75) is 56.9 Å². The largest absolute Gasteiger partial charge is 0.361 e. The van der Waals surface area contributed by atoms with E-state index in [1.54, 1.807) is 0 Å². The molecule has 2 aliphatic carbocycles. The van der Waals surface area contributed by atoms with E-state index in [1.807, 2.05) is 13.0 Å². The predicted octanol–water partition coefficient (Wildman–Crippen LogP) is 2.07. The van der Waals surface area contributed by atoms with Gasteiger partial charge in [0.15, 0.2) is 0 Å². The van der Waals surface area contributed by atoms with Gasteiger partial charge in [0.2, 0.25) is 5.91 Å². The molecule has 2 saturated carbocycles. The van der Waals surface area contributed by atoms with Crippen LogP contribution in [0.25, 0.3) is 0 Å². The number of hydrogen-bond acceptors (Lipinski definition) is 3. The van der Waals surface area contributed by atoms with Gasteiger partial charge in [-0.2, -0.15) is 0 Å². The molecule has 92 valence electrons. The van der Waals surface area contributed by atoms with Crippen LogP contribution in [0.5, 0.6) is 0 Å². The molecule has 2 fully saturated rings. The van der Waals surface area contributed by atoms with Gasteiger partial charge < -0.3 is 9.84 Å². The monoisotopic (exact) mass is 234 g/mol. The smallest absolute Gasteiger partial charge is 0.232 e. The Labute approximate surface area is 101 Å². The normalized spacial score (nSPS) is 22.6. The number of amides is 1. The first kappa shape index (κ1) is 10.8. The SMILES string of the molecule is Cc1cc(C2(C(=O)NC3CCCC3)CC2)no1. The van der Waals surface area contributed by atoms with Gasteiger partial charge in [-0.1, -0.05) is 18.0 Å². The quantitative estimate of drug-likeness (QED) is 0.871. The van der Waals surface area contributed by atoms with Gasteiger partial charge in [-0.3, -0.25) is 4.79 Å². The maximum absolute atomic E-state index is 12.3. The Morgan fingerprint density at radius 3 is 2.71 bits per heavy atom. The minimum absolute atomic E-state index is 0.151. The molecule has 17 heavy (non-hydrogen) atoms. The van der Waals surface area contributed by atoms with Crippen molar-refractivity contribution in [1.82, 2.24) is 10.5 Å². The van der Waals surface area contributed by atoms with E-state index in [2.05, 4.69) is 10.5 Å². The van der Waals surface area contributed by atoms with Crippen molar-refractivity contribution < 1.29 is 9.32 Å². The molecule has 2 aliphatic rings. The van der Waals surface area contributed by atoms with Crippen LogP contribution in [0.3, 0.4) is 0 Å². The third kappa shape index (κ3) is 1.85. The second kappa shape index (κ2) is 3.86. The van der Waals surface area contributed by atoms with Crippen LogP contribution in [0.1, 0.15) is 50.0 Å². The lowest BCUT2D eigenvalue weighted by atomic mass is 10.0. The Bertz CT molecular complexity index is 428. The highest BCUT2D eigenvalue weighted by Gasteiger charge is 2.54. The summed E-state index contributed by atoms with van der Waals surface area (Å²) in [5, 5.41) is 7.18. The van der Waals surface area contributed by atoms with Gasteiger partial charge in [0, 0.05) is 12.1 Å². The Balaban J connectivity index is 1.72. The number of hydrogen-bond donors (Lipinski definition) is 1. The van der Waals surface area contributed by atoms with Gasteiger partial charge in [0.25, 0.3) is 0 Å². The number of carbonyl (C=O) groups is 1. The molecule has 0 bridgehead atoms. The standard InChI is InChI=1S/C13H18N2O2/c1-9-8-11(15-17-9)13(6-7-13)12(16)14-10-4-2-3-5-10/h8,10H,2-7H2,1H3,(H,14,16). The van der Waals surface area contributed by atoms with Crippen LogP contribution in [-0.4, -0.2) is 17.1 Å². The van der Waals surface area contributed by atoms with Crippen LogP contribution >= 0.6 is 0 Å². The average Bonchev–Trinajstić information content (AvgIpc) is 2.74. The molecule has 0 spiro atoms. The van der Waals surface area contributed by atoms with Crippen LogP contribution in [0.15, 0.2) is 10.6 Å². The summed E-state index contributed by atoms with van der Waals surface area (Å²) in [5.41, 5.74) is 0.436. The summed E-state index contributed by atoms with van der Waals surface area (Å²) in [7, 11) is 0. The summed E-state index contributed by atoms with van der Waals surface area (Å²) in [5.74, 6) is 0.928. The van der Waals surface area contributed by atoms with Crippen LogP contribution in [0, 0.1) is 6.92 Å². The average molecular weight is 234 g/mol. The first-order valence-corrected chi connectivity index (χ1v) is 6.45. The third-order valence-electron chi connectivity index (χ3n) is 3.99. The Hall–Kier alpha value is -1.32. The molecule has 4 nitrogen and oxygen atoms in total. The zero-order valence-corrected chi connectivity index (χ0v) is 10.2. The number of nitrogens with zero attached hydrogens (tertiary/aromatic N) is 1. The first-order valence-electron chi connectivity index (χ1n) is 6.45. The van der Waals surface area contributed by atoms with Crippen LogP contribution in [0.4, 0.5) is 0 Å². The highest BCUT2D eigenvalue weighted by Crippen LogP contribution is 2.48. The fraction of sp³-hybridized carbons (Fsp3) is 0.692.